The Morgan fingerprint density at radius 2 is 2.17 bits per heavy atom. The summed E-state index contributed by atoms with van der Waals surface area (Å²) in [5.74, 6) is 0.957. The van der Waals surface area contributed by atoms with Crippen LogP contribution < -0.4 is 10.1 Å². The fourth-order valence-corrected chi connectivity index (χ4v) is 2.00. The summed E-state index contributed by atoms with van der Waals surface area (Å²) in [6, 6.07) is 6.91. The second-order valence-corrected chi connectivity index (χ2v) is 5.16. The van der Waals surface area contributed by atoms with Gasteiger partial charge >= 0.3 is 0 Å². The number of nitrogens with one attached hydrogen (secondary N) is 1. The molecule has 18 heavy (non-hydrogen) atoms. The molecule has 0 saturated heterocycles. The van der Waals surface area contributed by atoms with Crippen molar-refractivity contribution >= 4 is 0 Å². The van der Waals surface area contributed by atoms with Crippen molar-refractivity contribution in [1.82, 2.24) is 5.32 Å². The predicted molar refractivity (Wildman–Crippen MR) is 73.1 cm³/mol. The van der Waals surface area contributed by atoms with Gasteiger partial charge in [-0.15, -0.1) is 0 Å². The Morgan fingerprint density at radius 3 is 2.83 bits per heavy atom. The van der Waals surface area contributed by atoms with Crippen molar-refractivity contribution in [3.05, 3.63) is 29.3 Å². The van der Waals surface area contributed by atoms with E-state index in [1.807, 2.05) is 12.1 Å². The molecule has 0 amide bonds. The van der Waals surface area contributed by atoms with E-state index >= 15 is 0 Å². The van der Waals surface area contributed by atoms with Crippen molar-refractivity contribution in [3.8, 4) is 5.75 Å². The summed E-state index contributed by atoms with van der Waals surface area (Å²) < 4.78 is 5.80. The summed E-state index contributed by atoms with van der Waals surface area (Å²) in [6.45, 7) is 5.01. The van der Waals surface area contributed by atoms with Crippen LogP contribution in [0.5, 0.6) is 5.75 Å². The summed E-state index contributed by atoms with van der Waals surface area (Å²) in [5, 5.41) is 12.7. The van der Waals surface area contributed by atoms with Crippen LogP contribution in [0, 0.1) is 13.8 Å². The molecule has 1 aromatic carbocycles. The highest BCUT2D eigenvalue weighted by Crippen LogP contribution is 2.22. The van der Waals surface area contributed by atoms with Gasteiger partial charge in [0.15, 0.2) is 0 Å². The second-order valence-electron chi connectivity index (χ2n) is 5.16. The average Bonchev–Trinajstić information content (AvgIpc) is 3.17. The minimum Gasteiger partial charge on any atom is -0.493 e. The SMILES string of the molecule is Cc1cccc(OCCC(CO)NC2CC2)c1C. The smallest absolute Gasteiger partial charge is 0.122 e. The van der Waals surface area contributed by atoms with E-state index in [0.29, 0.717) is 12.6 Å². The normalized spacial score (nSPS) is 16.6. The average molecular weight is 249 g/mol. The highest BCUT2D eigenvalue weighted by Gasteiger charge is 2.24. The van der Waals surface area contributed by atoms with Crippen molar-refractivity contribution < 1.29 is 9.84 Å². The number of rotatable bonds is 7. The molecule has 3 nitrogen and oxygen atoms in total. The Kier molecular flexibility index (Phi) is 4.61. The van der Waals surface area contributed by atoms with Gasteiger partial charge in [0.05, 0.1) is 13.2 Å². The fraction of sp³-hybridized carbons (Fsp3) is 0.600. The molecule has 1 aliphatic rings. The Labute approximate surface area is 109 Å². The maximum absolute atomic E-state index is 9.28. The maximum atomic E-state index is 9.28. The van der Waals surface area contributed by atoms with Crippen LogP contribution in [-0.4, -0.2) is 30.4 Å². The predicted octanol–water partition coefficient (Wildman–Crippen LogP) is 2.19. The molecule has 3 heteroatoms. The van der Waals surface area contributed by atoms with Crippen LogP contribution in [-0.2, 0) is 0 Å². The number of hydrogen-bond donors (Lipinski definition) is 2. The first kappa shape index (κ1) is 13.4. The van der Waals surface area contributed by atoms with Gasteiger partial charge in [0, 0.05) is 12.1 Å². The topological polar surface area (TPSA) is 41.5 Å². The Hall–Kier alpha value is -1.06. The first-order valence-corrected chi connectivity index (χ1v) is 6.76. The Morgan fingerprint density at radius 1 is 1.39 bits per heavy atom. The van der Waals surface area contributed by atoms with E-state index in [4.69, 9.17) is 4.74 Å². The van der Waals surface area contributed by atoms with E-state index < -0.39 is 0 Å². The molecule has 1 aliphatic carbocycles. The van der Waals surface area contributed by atoms with Crippen LogP contribution in [0.4, 0.5) is 0 Å². The van der Waals surface area contributed by atoms with Crippen molar-refractivity contribution in [1.29, 1.82) is 0 Å². The van der Waals surface area contributed by atoms with Crippen LogP contribution >= 0.6 is 0 Å². The number of aliphatic hydroxyl groups is 1. The molecule has 1 aromatic rings. The molecule has 1 unspecified atom stereocenters. The van der Waals surface area contributed by atoms with E-state index in [9.17, 15) is 5.11 Å². The molecule has 0 radical (unpaired) electrons. The fourth-order valence-electron chi connectivity index (χ4n) is 2.00. The first-order chi connectivity index (χ1) is 8.70. The van der Waals surface area contributed by atoms with Gasteiger partial charge < -0.3 is 15.2 Å². The largest absolute Gasteiger partial charge is 0.493 e. The molecule has 1 atom stereocenters. The zero-order chi connectivity index (χ0) is 13.0. The third-order valence-electron chi connectivity index (χ3n) is 3.55. The summed E-state index contributed by atoms with van der Waals surface area (Å²) in [7, 11) is 0. The lowest BCUT2D eigenvalue weighted by atomic mass is 10.1. The van der Waals surface area contributed by atoms with Gasteiger partial charge in [-0.2, -0.15) is 0 Å². The summed E-state index contributed by atoms with van der Waals surface area (Å²) in [5.41, 5.74) is 2.45. The van der Waals surface area contributed by atoms with E-state index in [1.165, 1.54) is 24.0 Å². The van der Waals surface area contributed by atoms with Crippen LogP contribution in [0.2, 0.25) is 0 Å². The van der Waals surface area contributed by atoms with Crippen LogP contribution in [0.1, 0.15) is 30.4 Å². The molecule has 2 rings (SSSR count). The highest BCUT2D eigenvalue weighted by molar-refractivity contribution is 5.38. The van der Waals surface area contributed by atoms with Crippen molar-refractivity contribution in [2.75, 3.05) is 13.2 Å². The second kappa shape index (κ2) is 6.21. The van der Waals surface area contributed by atoms with Crippen LogP contribution in [0.15, 0.2) is 18.2 Å². The van der Waals surface area contributed by atoms with Gasteiger partial charge in [-0.3, -0.25) is 0 Å². The van der Waals surface area contributed by atoms with Gasteiger partial charge in [0.2, 0.25) is 0 Å². The molecule has 0 heterocycles. The number of benzene rings is 1. The van der Waals surface area contributed by atoms with Crippen molar-refractivity contribution in [3.63, 3.8) is 0 Å². The molecule has 0 aliphatic heterocycles. The molecule has 0 bridgehead atoms. The minimum absolute atomic E-state index is 0.169. The number of ether oxygens (including phenoxy) is 1. The Bertz CT molecular complexity index is 388. The van der Waals surface area contributed by atoms with E-state index in [2.05, 4.69) is 25.2 Å². The third kappa shape index (κ3) is 3.72. The lowest BCUT2D eigenvalue weighted by Crippen LogP contribution is -2.35. The first-order valence-electron chi connectivity index (χ1n) is 6.76. The van der Waals surface area contributed by atoms with Gasteiger partial charge in [0.25, 0.3) is 0 Å². The van der Waals surface area contributed by atoms with E-state index in [0.717, 1.165) is 12.2 Å². The maximum Gasteiger partial charge on any atom is 0.122 e. The third-order valence-corrected chi connectivity index (χ3v) is 3.55. The number of aryl methyl sites for hydroxylation is 1. The highest BCUT2D eigenvalue weighted by atomic mass is 16.5. The van der Waals surface area contributed by atoms with Crippen LogP contribution in [0.3, 0.4) is 0 Å². The quantitative estimate of drug-likeness (QED) is 0.778. The molecule has 1 fully saturated rings. The van der Waals surface area contributed by atoms with Gasteiger partial charge in [-0.25, -0.2) is 0 Å². The molecular weight excluding hydrogens is 226 g/mol. The van der Waals surface area contributed by atoms with Crippen molar-refractivity contribution in [2.45, 2.75) is 45.2 Å². The standard InChI is InChI=1S/C15H23NO2/c1-11-4-3-5-15(12(11)2)18-9-8-14(10-17)16-13-6-7-13/h3-5,13-14,16-17H,6-10H2,1-2H3. The zero-order valence-corrected chi connectivity index (χ0v) is 11.3. The van der Waals surface area contributed by atoms with E-state index in [1.54, 1.807) is 0 Å². The number of hydrogen-bond acceptors (Lipinski definition) is 3. The Balaban J connectivity index is 1.77. The summed E-state index contributed by atoms with van der Waals surface area (Å²) >= 11 is 0. The molecule has 2 N–H and O–H groups in total. The van der Waals surface area contributed by atoms with Gasteiger partial charge in [0.1, 0.15) is 5.75 Å². The lowest BCUT2D eigenvalue weighted by Gasteiger charge is -2.17. The minimum atomic E-state index is 0.169. The molecule has 0 aromatic heterocycles. The lowest BCUT2D eigenvalue weighted by molar-refractivity contribution is 0.207. The van der Waals surface area contributed by atoms with E-state index in [-0.39, 0.29) is 12.6 Å². The summed E-state index contributed by atoms with van der Waals surface area (Å²) in [6.07, 6.45) is 3.34. The van der Waals surface area contributed by atoms with Gasteiger partial charge in [-0.05, 0) is 50.3 Å². The van der Waals surface area contributed by atoms with Crippen LogP contribution in [0.25, 0.3) is 0 Å². The molecular formula is C15H23NO2. The zero-order valence-electron chi connectivity index (χ0n) is 11.3. The molecule has 1 saturated carbocycles. The molecule has 100 valence electrons. The number of aliphatic hydroxyl groups excluding tert-OH is 1. The monoisotopic (exact) mass is 249 g/mol. The summed E-state index contributed by atoms with van der Waals surface area (Å²) in [4.78, 5) is 0. The molecule has 0 spiro atoms. The van der Waals surface area contributed by atoms with Crippen molar-refractivity contribution in [2.24, 2.45) is 0 Å². The van der Waals surface area contributed by atoms with Gasteiger partial charge in [-0.1, -0.05) is 12.1 Å².